The van der Waals surface area contributed by atoms with Crippen LogP contribution in [0.4, 0.5) is 20.6 Å². The van der Waals surface area contributed by atoms with Crippen LogP contribution in [0.5, 0.6) is 5.75 Å². The van der Waals surface area contributed by atoms with Crippen molar-refractivity contribution in [1.29, 1.82) is 0 Å². The lowest BCUT2D eigenvalue weighted by atomic mass is 9.99. The summed E-state index contributed by atoms with van der Waals surface area (Å²) in [4.78, 5) is 27.8. The van der Waals surface area contributed by atoms with Gasteiger partial charge >= 0.3 is 6.03 Å². The summed E-state index contributed by atoms with van der Waals surface area (Å²) in [6.07, 6.45) is -0.669. The maximum atomic E-state index is 13.7. The van der Waals surface area contributed by atoms with E-state index in [9.17, 15) is 27.5 Å². The number of halogens is 2. The number of carbonyl (C=O) groups excluding carboxylic acids is 2. The van der Waals surface area contributed by atoms with Gasteiger partial charge in [-0.25, -0.2) is 17.6 Å². The number of aliphatic hydroxyl groups excluding tert-OH is 1. The molecule has 3 N–H and O–H groups in total. The van der Waals surface area contributed by atoms with Crippen LogP contribution < -0.4 is 15.4 Å². The second-order valence-electron chi connectivity index (χ2n) is 10.2. The molecule has 0 spiro atoms. The van der Waals surface area contributed by atoms with Crippen LogP contribution in [-0.4, -0.2) is 73.6 Å². The van der Waals surface area contributed by atoms with Crippen molar-refractivity contribution >= 4 is 44.9 Å². The smallest absolute Gasteiger partial charge is 0.323 e. The van der Waals surface area contributed by atoms with Crippen LogP contribution in [0.1, 0.15) is 24.2 Å². The normalized spacial score (nSPS) is 18.0. The van der Waals surface area contributed by atoms with Crippen LogP contribution in [0.3, 0.4) is 0 Å². The van der Waals surface area contributed by atoms with Gasteiger partial charge in [0.2, 0.25) is 10.0 Å². The van der Waals surface area contributed by atoms with Gasteiger partial charge in [-0.3, -0.25) is 4.79 Å². The van der Waals surface area contributed by atoms with Crippen molar-refractivity contribution in [3.63, 3.8) is 0 Å². The van der Waals surface area contributed by atoms with Gasteiger partial charge in [0.15, 0.2) is 0 Å². The summed E-state index contributed by atoms with van der Waals surface area (Å²) in [6.45, 7) is 3.42. The summed E-state index contributed by atoms with van der Waals surface area (Å²) in [7, 11) is -2.42. The summed E-state index contributed by atoms with van der Waals surface area (Å²) < 4.78 is 47.2. The molecule has 0 aliphatic carbocycles. The summed E-state index contributed by atoms with van der Waals surface area (Å²) in [6, 6.07) is 14.5. The van der Waals surface area contributed by atoms with E-state index in [1.807, 2.05) is 6.92 Å². The Morgan fingerprint density at radius 1 is 1.12 bits per heavy atom. The van der Waals surface area contributed by atoms with Crippen molar-refractivity contribution in [3.8, 4) is 5.75 Å². The van der Waals surface area contributed by atoms with Crippen LogP contribution in [-0.2, 0) is 10.0 Å². The molecule has 0 saturated heterocycles. The van der Waals surface area contributed by atoms with E-state index >= 15 is 0 Å². The molecule has 0 saturated carbocycles. The Bertz CT molecular complexity index is 1540. The minimum absolute atomic E-state index is 0.0266. The van der Waals surface area contributed by atoms with Crippen molar-refractivity contribution in [2.45, 2.75) is 30.9 Å². The fourth-order valence-electron chi connectivity index (χ4n) is 4.48. The fraction of sp³-hybridized carbons (Fsp3) is 0.310. The molecule has 0 aromatic heterocycles. The number of sulfonamides is 1. The molecule has 42 heavy (non-hydrogen) atoms. The zero-order valence-corrected chi connectivity index (χ0v) is 24.8. The van der Waals surface area contributed by atoms with Crippen molar-refractivity contribution < 1.29 is 32.2 Å². The van der Waals surface area contributed by atoms with E-state index in [1.165, 1.54) is 76.9 Å². The molecule has 1 aliphatic rings. The molecule has 0 radical (unpaired) electrons. The number of likely N-dealkylation sites (N-methyl/N-ethyl adjacent to an activating group) is 1. The molecule has 1 aliphatic heterocycles. The predicted molar refractivity (Wildman–Crippen MR) is 158 cm³/mol. The van der Waals surface area contributed by atoms with E-state index in [0.29, 0.717) is 10.7 Å². The van der Waals surface area contributed by atoms with Crippen molar-refractivity contribution in [1.82, 2.24) is 9.21 Å². The van der Waals surface area contributed by atoms with Gasteiger partial charge < -0.3 is 25.4 Å². The zero-order valence-electron chi connectivity index (χ0n) is 23.3. The molecule has 10 nitrogen and oxygen atoms in total. The number of nitrogens with zero attached hydrogens (tertiary/aromatic N) is 2. The van der Waals surface area contributed by atoms with Crippen LogP contribution in [0.2, 0.25) is 5.02 Å². The molecule has 0 unspecified atom stereocenters. The lowest BCUT2D eigenvalue weighted by Gasteiger charge is -2.38. The highest BCUT2D eigenvalue weighted by Gasteiger charge is 2.35. The summed E-state index contributed by atoms with van der Waals surface area (Å²) in [5, 5.41) is 15.5. The molecule has 3 atom stereocenters. The molecule has 224 valence electrons. The molecule has 4 rings (SSSR count). The first-order chi connectivity index (χ1) is 19.9. The molecule has 0 fully saturated rings. The van der Waals surface area contributed by atoms with Gasteiger partial charge in [0.1, 0.15) is 17.7 Å². The third-order valence-electron chi connectivity index (χ3n) is 6.98. The van der Waals surface area contributed by atoms with Crippen LogP contribution >= 0.6 is 11.6 Å². The molecular weight excluding hydrogens is 587 g/mol. The average molecular weight is 619 g/mol. The SMILES string of the molecule is C[C@@H]1CN([C@H](C)CO)C(=O)c2cc(NC(=O)Nc3ccc(F)cc3)ccc2O[C@H]1CN(C)S(=O)(=O)c1ccc(Cl)cc1. The molecule has 3 aromatic carbocycles. The topological polar surface area (TPSA) is 128 Å². The number of nitrogens with one attached hydrogen (secondary N) is 2. The predicted octanol–water partition coefficient (Wildman–Crippen LogP) is 4.66. The highest BCUT2D eigenvalue weighted by Crippen LogP contribution is 2.31. The summed E-state index contributed by atoms with van der Waals surface area (Å²) in [5.74, 6) is -0.975. The molecule has 13 heteroatoms. The Morgan fingerprint density at radius 2 is 1.74 bits per heavy atom. The number of amides is 3. The first-order valence-electron chi connectivity index (χ1n) is 13.2. The van der Waals surface area contributed by atoms with Gasteiger partial charge in [-0.2, -0.15) is 4.31 Å². The number of aliphatic hydroxyl groups is 1. The fourth-order valence-corrected chi connectivity index (χ4v) is 5.79. The Labute approximate surface area is 249 Å². The van der Waals surface area contributed by atoms with E-state index in [-0.39, 0.29) is 47.5 Å². The third-order valence-corrected chi connectivity index (χ3v) is 9.07. The molecular formula is C29H32ClFN4O6S. The van der Waals surface area contributed by atoms with Gasteiger partial charge in [0, 0.05) is 35.9 Å². The molecule has 3 amide bonds. The average Bonchev–Trinajstić information content (AvgIpc) is 2.96. The standard InChI is InChI=1S/C29H32ClFN4O6S/c1-18-15-35(19(2)17-36)28(37)25-14-23(33-29(38)32-22-8-6-21(31)7-9-22)10-13-26(25)41-27(18)16-34(3)42(39,40)24-11-4-20(30)5-12-24/h4-14,18-19,27,36H,15-17H2,1-3H3,(H2,32,33,38)/t18-,19-,27+/m1/s1. The Balaban J connectivity index is 1.61. The lowest BCUT2D eigenvalue weighted by Crippen LogP contribution is -2.50. The summed E-state index contributed by atoms with van der Waals surface area (Å²) in [5.41, 5.74) is 0.793. The number of hydrogen-bond acceptors (Lipinski definition) is 6. The highest BCUT2D eigenvalue weighted by molar-refractivity contribution is 7.89. The van der Waals surface area contributed by atoms with Gasteiger partial charge in [-0.15, -0.1) is 0 Å². The Hall–Kier alpha value is -3.71. The zero-order chi connectivity index (χ0) is 30.6. The van der Waals surface area contributed by atoms with E-state index in [2.05, 4.69) is 10.6 Å². The molecule has 1 heterocycles. The third kappa shape index (κ3) is 7.19. The number of hydrogen-bond donors (Lipinski definition) is 3. The second kappa shape index (κ2) is 13.1. The minimum Gasteiger partial charge on any atom is -0.488 e. The molecule has 3 aromatic rings. The van der Waals surface area contributed by atoms with Gasteiger partial charge in [0.25, 0.3) is 5.91 Å². The number of urea groups is 1. The van der Waals surface area contributed by atoms with Crippen molar-refractivity contribution in [2.75, 3.05) is 37.4 Å². The molecule has 0 bridgehead atoms. The van der Waals surface area contributed by atoms with Gasteiger partial charge in [0.05, 0.1) is 29.7 Å². The van der Waals surface area contributed by atoms with Crippen molar-refractivity contribution in [3.05, 3.63) is 83.1 Å². The first kappa shape index (κ1) is 31.2. The van der Waals surface area contributed by atoms with Crippen LogP contribution in [0.25, 0.3) is 0 Å². The van der Waals surface area contributed by atoms with E-state index in [0.717, 1.165) is 0 Å². The van der Waals surface area contributed by atoms with Crippen LogP contribution in [0.15, 0.2) is 71.6 Å². The van der Waals surface area contributed by atoms with E-state index < -0.39 is 39.9 Å². The van der Waals surface area contributed by atoms with Crippen LogP contribution in [0, 0.1) is 11.7 Å². The van der Waals surface area contributed by atoms with Crippen molar-refractivity contribution in [2.24, 2.45) is 5.92 Å². The summed E-state index contributed by atoms with van der Waals surface area (Å²) >= 11 is 5.92. The van der Waals surface area contributed by atoms with Gasteiger partial charge in [-0.1, -0.05) is 18.5 Å². The quantitative estimate of drug-likeness (QED) is 0.337. The number of anilines is 2. The minimum atomic E-state index is -3.87. The van der Waals surface area contributed by atoms with E-state index in [4.69, 9.17) is 16.3 Å². The maximum absolute atomic E-state index is 13.7. The van der Waals surface area contributed by atoms with E-state index in [1.54, 1.807) is 13.0 Å². The largest absolute Gasteiger partial charge is 0.488 e. The second-order valence-corrected chi connectivity index (χ2v) is 12.6. The highest BCUT2D eigenvalue weighted by atomic mass is 35.5. The lowest BCUT2D eigenvalue weighted by molar-refractivity contribution is 0.0387. The van der Waals surface area contributed by atoms with Gasteiger partial charge in [-0.05, 0) is 73.7 Å². The number of carbonyl (C=O) groups is 2. The Morgan fingerprint density at radius 3 is 2.38 bits per heavy atom. The number of ether oxygens (including phenoxy) is 1. The number of fused-ring (bicyclic) bond motifs is 1. The maximum Gasteiger partial charge on any atom is 0.323 e. The number of rotatable bonds is 8. The monoisotopic (exact) mass is 618 g/mol. The Kier molecular flexibility index (Phi) is 9.72. The first-order valence-corrected chi connectivity index (χ1v) is 15.0. The number of benzene rings is 3.